The van der Waals surface area contributed by atoms with Gasteiger partial charge in [0.05, 0.1) is 13.2 Å². The molecule has 0 spiro atoms. The second-order valence-corrected chi connectivity index (χ2v) is 1.96. The Morgan fingerprint density at radius 1 is 1.00 bits per heavy atom. The molecule has 1 fully saturated rings. The molecule has 0 amide bonds. The smallest absolute Gasteiger partial charge is 0.0649 e. The largest absolute Gasteiger partial charge is 0.378 e. The van der Waals surface area contributed by atoms with Gasteiger partial charge >= 0.3 is 0 Å². The van der Waals surface area contributed by atoms with Crippen molar-refractivity contribution in [1.29, 1.82) is 0 Å². The highest BCUT2D eigenvalue weighted by Crippen LogP contribution is 1.92. The minimum absolute atomic E-state index is 0.828. The standard InChI is InChI=1S/C7H11NO.2C2H6/c1-2-3-8-4-6-9-7-5-8;2*1-2/h4-7H2,1H3;2*1-2H3. The molecule has 0 atom stereocenters. The third-order valence-corrected chi connectivity index (χ3v) is 1.28. The first kappa shape index (κ1) is 14.8. The summed E-state index contributed by atoms with van der Waals surface area (Å²) in [5.41, 5.74) is 0. The Balaban J connectivity index is 0. The van der Waals surface area contributed by atoms with Crippen molar-refractivity contribution in [2.24, 2.45) is 0 Å². The van der Waals surface area contributed by atoms with Crippen LogP contribution in [-0.2, 0) is 4.74 Å². The summed E-state index contributed by atoms with van der Waals surface area (Å²) in [7, 11) is 0. The Morgan fingerprint density at radius 2 is 1.46 bits per heavy atom. The van der Waals surface area contributed by atoms with E-state index < -0.39 is 0 Å². The average molecular weight is 185 g/mol. The van der Waals surface area contributed by atoms with Crippen LogP contribution in [0.2, 0.25) is 0 Å². The van der Waals surface area contributed by atoms with Gasteiger partial charge in [0.15, 0.2) is 0 Å². The summed E-state index contributed by atoms with van der Waals surface area (Å²) < 4.78 is 5.14. The van der Waals surface area contributed by atoms with E-state index in [1.54, 1.807) is 0 Å². The number of morpholine rings is 1. The molecular weight excluding hydrogens is 162 g/mol. The van der Waals surface area contributed by atoms with E-state index in [-0.39, 0.29) is 0 Å². The van der Waals surface area contributed by atoms with Crippen LogP contribution in [0.25, 0.3) is 0 Å². The molecule has 1 rings (SSSR count). The van der Waals surface area contributed by atoms with Gasteiger partial charge in [-0.15, -0.1) is 0 Å². The molecule has 1 heterocycles. The Kier molecular flexibility index (Phi) is 15.8. The lowest BCUT2D eigenvalue weighted by molar-refractivity contribution is 0.0638. The van der Waals surface area contributed by atoms with Crippen LogP contribution in [0.3, 0.4) is 0 Å². The zero-order valence-electron chi connectivity index (χ0n) is 9.68. The van der Waals surface area contributed by atoms with Gasteiger partial charge in [0, 0.05) is 19.1 Å². The molecule has 0 unspecified atom stereocenters. The molecule has 2 heteroatoms. The summed E-state index contributed by atoms with van der Waals surface area (Å²) in [6.45, 7) is 13.4. The second-order valence-electron chi connectivity index (χ2n) is 1.96. The summed E-state index contributed by atoms with van der Waals surface area (Å²) in [4.78, 5) is 2.09. The highest BCUT2D eigenvalue weighted by Gasteiger charge is 2.04. The summed E-state index contributed by atoms with van der Waals surface area (Å²) >= 11 is 0. The van der Waals surface area contributed by atoms with Gasteiger partial charge in [0.1, 0.15) is 0 Å². The molecule has 0 saturated carbocycles. The predicted molar refractivity (Wildman–Crippen MR) is 58.5 cm³/mol. The van der Waals surface area contributed by atoms with Crippen LogP contribution in [0.15, 0.2) is 0 Å². The fourth-order valence-electron chi connectivity index (χ4n) is 0.833. The monoisotopic (exact) mass is 185 g/mol. The molecule has 1 aliphatic rings. The van der Waals surface area contributed by atoms with Gasteiger partial charge in [-0.3, -0.25) is 0 Å². The first-order valence-corrected chi connectivity index (χ1v) is 5.18. The zero-order chi connectivity index (χ0) is 10.5. The Bertz CT molecular complexity index is 129. The van der Waals surface area contributed by atoms with Crippen LogP contribution in [-0.4, -0.2) is 31.2 Å². The van der Waals surface area contributed by atoms with E-state index in [4.69, 9.17) is 4.74 Å². The van der Waals surface area contributed by atoms with Crippen LogP contribution < -0.4 is 0 Å². The van der Waals surface area contributed by atoms with Gasteiger partial charge in [-0.25, -0.2) is 0 Å². The molecule has 2 nitrogen and oxygen atoms in total. The van der Waals surface area contributed by atoms with Gasteiger partial charge in [-0.05, 0) is 6.92 Å². The molecule has 0 N–H and O–H groups in total. The maximum absolute atomic E-state index is 5.14. The number of ether oxygens (including phenoxy) is 1. The minimum Gasteiger partial charge on any atom is -0.378 e. The first-order chi connectivity index (χ1) is 6.43. The van der Waals surface area contributed by atoms with Crippen molar-refractivity contribution in [2.45, 2.75) is 34.6 Å². The number of nitrogens with zero attached hydrogens (tertiary/aromatic N) is 1. The van der Waals surface area contributed by atoms with Gasteiger partial charge in [-0.2, -0.15) is 0 Å². The highest BCUT2D eigenvalue weighted by molar-refractivity contribution is 4.95. The summed E-state index contributed by atoms with van der Waals surface area (Å²) in [6, 6.07) is 2.99. The van der Waals surface area contributed by atoms with Gasteiger partial charge in [-0.1, -0.05) is 33.6 Å². The fraction of sp³-hybridized carbons (Fsp3) is 0.818. The molecule has 0 aromatic heterocycles. The molecule has 0 aromatic carbocycles. The lowest BCUT2D eigenvalue weighted by atomic mass is 10.4. The molecule has 1 aliphatic heterocycles. The predicted octanol–water partition coefficient (Wildman–Crippen LogP) is 2.35. The fourth-order valence-corrected chi connectivity index (χ4v) is 0.833. The number of hydrogen-bond acceptors (Lipinski definition) is 2. The quantitative estimate of drug-likeness (QED) is 0.537. The molecule has 1 saturated heterocycles. The molecule has 78 valence electrons. The van der Waals surface area contributed by atoms with E-state index in [2.05, 4.69) is 16.9 Å². The third-order valence-electron chi connectivity index (χ3n) is 1.28. The van der Waals surface area contributed by atoms with Gasteiger partial charge < -0.3 is 9.64 Å². The Morgan fingerprint density at radius 3 is 1.85 bits per heavy atom. The van der Waals surface area contributed by atoms with E-state index >= 15 is 0 Å². The lowest BCUT2D eigenvalue weighted by Gasteiger charge is -2.22. The van der Waals surface area contributed by atoms with Gasteiger partial charge in [0.25, 0.3) is 0 Å². The number of hydrogen-bond donors (Lipinski definition) is 0. The second kappa shape index (κ2) is 13.9. The maximum Gasteiger partial charge on any atom is 0.0649 e. The molecule has 0 bridgehead atoms. The Hall–Kier alpha value is -0.680. The third kappa shape index (κ3) is 9.23. The average Bonchev–Trinajstić information content (AvgIpc) is 2.26. The lowest BCUT2D eigenvalue weighted by Crippen LogP contribution is -2.32. The molecular formula is C11H23NO. The summed E-state index contributed by atoms with van der Waals surface area (Å²) in [5.74, 6) is 2.86. The van der Waals surface area contributed by atoms with Crippen molar-refractivity contribution in [1.82, 2.24) is 4.90 Å². The van der Waals surface area contributed by atoms with Crippen molar-refractivity contribution >= 4 is 0 Å². The molecule has 0 aromatic rings. The first-order valence-electron chi connectivity index (χ1n) is 5.18. The van der Waals surface area contributed by atoms with Crippen molar-refractivity contribution in [3.05, 3.63) is 0 Å². The molecule has 13 heavy (non-hydrogen) atoms. The zero-order valence-corrected chi connectivity index (χ0v) is 9.68. The van der Waals surface area contributed by atoms with E-state index in [0.29, 0.717) is 0 Å². The van der Waals surface area contributed by atoms with Crippen molar-refractivity contribution in [3.63, 3.8) is 0 Å². The van der Waals surface area contributed by atoms with Crippen molar-refractivity contribution < 1.29 is 4.74 Å². The van der Waals surface area contributed by atoms with E-state index in [1.807, 2.05) is 34.6 Å². The van der Waals surface area contributed by atoms with E-state index in [9.17, 15) is 0 Å². The summed E-state index contributed by atoms with van der Waals surface area (Å²) in [6.07, 6.45) is 0. The normalized spacial score (nSPS) is 13.8. The highest BCUT2D eigenvalue weighted by atomic mass is 16.5. The summed E-state index contributed by atoms with van der Waals surface area (Å²) in [5, 5.41) is 0. The van der Waals surface area contributed by atoms with Crippen molar-refractivity contribution in [3.8, 4) is 12.0 Å². The maximum atomic E-state index is 5.14. The molecule has 0 radical (unpaired) electrons. The van der Waals surface area contributed by atoms with Crippen LogP contribution in [0.5, 0.6) is 0 Å². The Labute approximate surface area is 83.3 Å². The van der Waals surface area contributed by atoms with Crippen LogP contribution in [0.1, 0.15) is 34.6 Å². The molecule has 0 aliphatic carbocycles. The van der Waals surface area contributed by atoms with Crippen molar-refractivity contribution in [2.75, 3.05) is 26.3 Å². The minimum atomic E-state index is 0.828. The number of rotatable bonds is 0. The van der Waals surface area contributed by atoms with E-state index in [0.717, 1.165) is 26.3 Å². The SMILES string of the molecule is CC.CC.CC#CN1CCOCC1. The van der Waals surface area contributed by atoms with Crippen LogP contribution in [0, 0.1) is 12.0 Å². The van der Waals surface area contributed by atoms with Crippen LogP contribution >= 0.6 is 0 Å². The van der Waals surface area contributed by atoms with Crippen LogP contribution in [0.4, 0.5) is 0 Å². The van der Waals surface area contributed by atoms with Gasteiger partial charge in [0.2, 0.25) is 0 Å². The van der Waals surface area contributed by atoms with E-state index in [1.165, 1.54) is 0 Å². The topological polar surface area (TPSA) is 12.5 Å².